The minimum absolute atomic E-state index is 0.0559. The van der Waals surface area contributed by atoms with E-state index in [1.165, 1.54) is 0 Å². The molecule has 3 nitrogen and oxygen atoms in total. The molecular weight excluding hydrogens is 287 g/mol. The Morgan fingerprint density at radius 2 is 1.76 bits per heavy atom. The van der Waals surface area contributed by atoms with Gasteiger partial charge in [-0.2, -0.15) is 0 Å². The summed E-state index contributed by atoms with van der Waals surface area (Å²) in [5.41, 5.74) is 1.57. The van der Waals surface area contributed by atoms with Crippen LogP contribution in [0.3, 0.4) is 0 Å². The van der Waals surface area contributed by atoms with Gasteiger partial charge in [0, 0.05) is 42.1 Å². The highest BCUT2D eigenvalue weighted by Gasteiger charge is 2.23. The third-order valence-corrected chi connectivity index (χ3v) is 5.40. The molecule has 0 radical (unpaired) electrons. The van der Waals surface area contributed by atoms with Crippen molar-refractivity contribution in [2.24, 2.45) is 0 Å². The van der Waals surface area contributed by atoms with Crippen molar-refractivity contribution in [3.8, 4) is 0 Å². The van der Waals surface area contributed by atoms with Gasteiger partial charge in [-0.3, -0.25) is 4.21 Å². The van der Waals surface area contributed by atoms with E-state index in [0.717, 1.165) is 5.56 Å². The average Bonchev–Trinajstić information content (AvgIpc) is 2.36. The van der Waals surface area contributed by atoms with Crippen molar-refractivity contribution >= 4 is 21.3 Å². The summed E-state index contributed by atoms with van der Waals surface area (Å²) >= 11 is 0. The molecule has 5 heteroatoms. The van der Waals surface area contributed by atoms with Gasteiger partial charge in [0.15, 0.2) is 0 Å². The second-order valence-electron chi connectivity index (χ2n) is 6.79. The van der Waals surface area contributed by atoms with Gasteiger partial charge in [0.2, 0.25) is 0 Å². The van der Waals surface area contributed by atoms with Crippen LogP contribution in [0.1, 0.15) is 26.3 Å². The monoisotopic (exact) mass is 312 g/mol. The maximum absolute atomic E-state index is 14.4. The van der Waals surface area contributed by atoms with E-state index in [-0.39, 0.29) is 11.2 Å². The number of hydrogen-bond acceptors (Lipinski definition) is 2. The van der Waals surface area contributed by atoms with Gasteiger partial charge in [-0.05, 0) is 29.0 Å². The summed E-state index contributed by atoms with van der Waals surface area (Å²) < 4.78 is 28.2. The Balaban J connectivity index is 2.14. The van der Waals surface area contributed by atoms with Crippen LogP contribution in [0.4, 0.5) is 10.1 Å². The molecule has 0 bridgehead atoms. The number of rotatable bonds is 2. The van der Waals surface area contributed by atoms with Crippen molar-refractivity contribution < 1.29 is 8.60 Å². The SMILES string of the molecule is C=S(C)(=O)N1CCN(c2ccc(C(C)(C)C)cc2F)CC1. The third kappa shape index (κ3) is 3.77. The molecule has 0 saturated carbocycles. The van der Waals surface area contributed by atoms with Gasteiger partial charge in [-0.25, -0.2) is 8.70 Å². The van der Waals surface area contributed by atoms with E-state index in [4.69, 9.17) is 0 Å². The fourth-order valence-corrected chi connectivity index (χ4v) is 3.48. The van der Waals surface area contributed by atoms with Crippen molar-refractivity contribution in [1.29, 1.82) is 0 Å². The lowest BCUT2D eigenvalue weighted by molar-refractivity contribution is 0.408. The van der Waals surface area contributed by atoms with Crippen LogP contribution in [0.5, 0.6) is 0 Å². The van der Waals surface area contributed by atoms with Gasteiger partial charge in [0.25, 0.3) is 0 Å². The van der Waals surface area contributed by atoms with E-state index >= 15 is 0 Å². The molecule has 0 N–H and O–H groups in total. The summed E-state index contributed by atoms with van der Waals surface area (Å²) in [6.45, 7) is 8.88. The highest BCUT2D eigenvalue weighted by molar-refractivity contribution is 7.97. The molecule has 0 aromatic heterocycles. The molecule has 1 saturated heterocycles. The predicted molar refractivity (Wildman–Crippen MR) is 90.1 cm³/mol. The summed E-state index contributed by atoms with van der Waals surface area (Å²) in [4.78, 5) is 2.02. The van der Waals surface area contributed by atoms with Crippen LogP contribution < -0.4 is 4.90 Å². The van der Waals surface area contributed by atoms with E-state index in [1.807, 2.05) is 21.3 Å². The molecule has 21 heavy (non-hydrogen) atoms. The maximum atomic E-state index is 14.4. The molecule has 1 fully saturated rings. The minimum Gasteiger partial charge on any atom is -0.367 e. The first-order chi connectivity index (χ1) is 9.59. The van der Waals surface area contributed by atoms with Crippen LogP contribution in [0.25, 0.3) is 0 Å². The molecule has 1 aliphatic heterocycles. The van der Waals surface area contributed by atoms with Gasteiger partial charge in [-0.1, -0.05) is 26.8 Å². The molecular formula is C16H25FN2OS. The highest BCUT2D eigenvalue weighted by atomic mass is 32.2. The summed E-state index contributed by atoms with van der Waals surface area (Å²) in [5, 5.41) is 0. The summed E-state index contributed by atoms with van der Waals surface area (Å²) in [5.74, 6) is 3.53. The molecule has 1 unspecified atom stereocenters. The van der Waals surface area contributed by atoms with E-state index in [1.54, 1.807) is 12.3 Å². The van der Waals surface area contributed by atoms with Crippen LogP contribution >= 0.6 is 0 Å². The van der Waals surface area contributed by atoms with E-state index in [0.29, 0.717) is 31.9 Å². The van der Waals surface area contributed by atoms with E-state index in [9.17, 15) is 8.60 Å². The largest absolute Gasteiger partial charge is 0.367 e. The summed E-state index contributed by atoms with van der Waals surface area (Å²) in [6.07, 6.45) is 1.65. The van der Waals surface area contributed by atoms with Crippen LogP contribution in [0, 0.1) is 5.82 Å². The molecule has 1 heterocycles. The lowest BCUT2D eigenvalue weighted by Crippen LogP contribution is -2.48. The Morgan fingerprint density at radius 1 is 1.19 bits per heavy atom. The predicted octanol–water partition coefficient (Wildman–Crippen LogP) is 2.51. The van der Waals surface area contributed by atoms with Gasteiger partial charge >= 0.3 is 0 Å². The highest BCUT2D eigenvalue weighted by Crippen LogP contribution is 2.28. The molecule has 0 amide bonds. The first-order valence-electron chi connectivity index (χ1n) is 7.21. The zero-order valence-corrected chi connectivity index (χ0v) is 14.2. The first kappa shape index (κ1) is 16.3. The molecule has 118 valence electrons. The lowest BCUT2D eigenvalue weighted by atomic mass is 9.87. The summed E-state index contributed by atoms with van der Waals surface area (Å²) in [6, 6.07) is 5.49. The van der Waals surface area contributed by atoms with Crippen molar-refractivity contribution in [2.45, 2.75) is 26.2 Å². The Labute approximate surface area is 127 Å². The van der Waals surface area contributed by atoms with Gasteiger partial charge < -0.3 is 4.90 Å². The number of piperazine rings is 1. The fourth-order valence-electron chi connectivity index (χ4n) is 2.55. The third-order valence-electron chi connectivity index (χ3n) is 3.94. The molecule has 0 spiro atoms. The second kappa shape index (κ2) is 5.61. The van der Waals surface area contributed by atoms with Gasteiger partial charge in [-0.15, -0.1) is 0 Å². The second-order valence-corrected chi connectivity index (χ2v) is 9.23. The minimum atomic E-state index is -2.15. The molecule has 2 rings (SSSR count). The van der Waals surface area contributed by atoms with E-state index < -0.39 is 9.71 Å². The Bertz CT molecular complexity index is 612. The average molecular weight is 312 g/mol. The topological polar surface area (TPSA) is 23.6 Å². The molecule has 1 aromatic carbocycles. The standard InChI is InChI=1S/C16H25FN2OS/c1-16(2,3)13-6-7-15(14(17)12-13)18-8-10-19(11-9-18)21(4,5)20/h6-7,12H,4,8-11H2,1-3,5H3. The van der Waals surface area contributed by atoms with Crippen LogP contribution in [-0.2, 0) is 15.1 Å². The number of hydrogen-bond donors (Lipinski definition) is 0. The van der Waals surface area contributed by atoms with Crippen molar-refractivity contribution in [1.82, 2.24) is 4.31 Å². The number of halogens is 1. The number of anilines is 1. The first-order valence-corrected chi connectivity index (χ1v) is 9.30. The Morgan fingerprint density at radius 3 is 2.19 bits per heavy atom. The van der Waals surface area contributed by atoms with Gasteiger partial charge in [0.1, 0.15) is 5.82 Å². The Hall–Kier alpha value is -1.07. The molecule has 1 atom stereocenters. The fraction of sp³-hybridized carbons (Fsp3) is 0.562. The molecule has 1 aromatic rings. The maximum Gasteiger partial charge on any atom is 0.146 e. The number of nitrogens with zero attached hydrogens (tertiary/aromatic N) is 2. The smallest absolute Gasteiger partial charge is 0.146 e. The van der Waals surface area contributed by atoms with Crippen molar-refractivity contribution in [3.05, 3.63) is 29.6 Å². The quantitative estimate of drug-likeness (QED) is 0.784. The van der Waals surface area contributed by atoms with Crippen molar-refractivity contribution in [3.63, 3.8) is 0 Å². The van der Waals surface area contributed by atoms with Crippen LogP contribution in [0.15, 0.2) is 18.2 Å². The zero-order chi connectivity index (χ0) is 15.8. The Kier molecular flexibility index (Phi) is 4.36. The number of benzene rings is 1. The molecule has 0 aliphatic carbocycles. The summed E-state index contributed by atoms with van der Waals surface area (Å²) in [7, 11) is -2.15. The normalized spacial score (nSPS) is 20.3. The molecule has 1 aliphatic rings. The van der Waals surface area contributed by atoms with Crippen LogP contribution in [0.2, 0.25) is 0 Å². The van der Waals surface area contributed by atoms with Crippen LogP contribution in [-0.4, -0.2) is 46.8 Å². The lowest BCUT2D eigenvalue weighted by Gasteiger charge is -2.36. The zero-order valence-electron chi connectivity index (χ0n) is 13.4. The van der Waals surface area contributed by atoms with Gasteiger partial charge in [0.05, 0.1) is 5.69 Å². The van der Waals surface area contributed by atoms with E-state index in [2.05, 4.69) is 26.6 Å². The van der Waals surface area contributed by atoms with Crippen molar-refractivity contribution in [2.75, 3.05) is 37.3 Å².